The first kappa shape index (κ1) is 13.2. The molecule has 1 heterocycles. The molecule has 0 bridgehead atoms. The van der Waals surface area contributed by atoms with Crippen LogP contribution in [0.5, 0.6) is 0 Å². The van der Waals surface area contributed by atoms with Crippen molar-refractivity contribution in [2.75, 3.05) is 0 Å². The maximum Gasteiger partial charge on any atom is 0.138 e. The van der Waals surface area contributed by atoms with E-state index in [0.29, 0.717) is 27.5 Å². The van der Waals surface area contributed by atoms with Crippen molar-refractivity contribution in [1.82, 2.24) is 0 Å². The standard InChI is InChI=1S/C16H12ClFO2/c1-9-6-12(18)3-4-13(9)16(19)15-8-10-7-11(17)2-5-14(10)20-15/h2-8,16,19H,1H3. The summed E-state index contributed by atoms with van der Waals surface area (Å²) in [5.74, 6) is 0.0896. The second-order valence-corrected chi connectivity index (χ2v) is 5.17. The molecule has 3 rings (SSSR count). The highest BCUT2D eigenvalue weighted by Crippen LogP contribution is 2.31. The largest absolute Gasteiger partial charge is 0.458 e. The Morgan fingerprint density at radius 2 is 1.95 bits per heavy atom. The van der Waals surface area contributed by atoms with Gasteiger partial charge in [-0.15, -0.1) is 0 Å². The van der Waals surface area contributed by atoms with Crippen molar-refractivity contribution < 1.29 is 13.9 Å². The van der Waals surface area contributed by atoms with E-state index in [-0.39, 0.29) is 5.82 Å². The van der Waals surface area contributed by atoms with Gasteiger partial charge >= 0.3 is 0 Å². The summed E-state index contributed by atoms with van der Waals surface area (Å²) in [6.07, 6.45) is -0.929. The van der Waals surface area contributed by atoms with Gasteiger partial charge in [-0.05, 0) is 54.4 Å². The zero-order valence-corrected chi connectivity index (χ0v) is 11.5. The van der Waals surface area contributed by atoms with Gasteiger partial charge in [-0.2, -0.15) is 0 Å². The Morgan fingerprint density at radius 1 is 1.15 bits per heavy atom. The van der Waals surface area contributed by atoms with Gasteiger partial charge in [0.25, 0.3) is 0 Å². The van der Waals surface area contributed by atoms with Crippen molar-refractivity contribution in [2.24, 2.45) is 0 Å². The number of benzene rings is 2. The lowest BCUT2D eigenvalue weighted by Gasteiger charge is -2.11. The fraction of sp³-hybridized carbons (Fsp3) is 0.125. The Bertz CT molecular complexity index is 779. The van der Waals surface area contributed by atoms with E-state index in [1.807, 2.05) is 0 Å². The van der Waals surface area contributed by atoms with E-state index in [4.69, 9.17) is 16.0 Å². The number of fused-ring (bicyclic) bond motifs is 1. The fourth-order valence-corrected chi connectivity index (χ4v) is 2.45. The quantitative estimate of drug-likeness (QED) is 0.747. The Kier molecular flexibility index (Phi) is 3.24. The molecule has 0 saturated carbocycles. The van der Waals surface area contributed by atoms with Crippen LogP contribution in [0.3, 0.4) is 0 Å². The van der Waals surface area contributed by atoms with Crippen molar-refractivity contribution in [2.45, 2.75) is 13.0 Å². The predicted octanol–water partition coefficient (Wildman–Crippen LogP) is 4.62. The minimum atomic E-state index is -0.929. The topological polar surface area (TPSA) is 33.4 Å². The summed E-state index contributed by atoms with van der Waals surface area (Å²) in [5.41, 5.74) is 1.95. The number of halogens is 2. The molecule has 20 heavy (non-hydrogen) atoms. The molecule has 0 spiro atoms. The van der Waals surface area contributed by atoms with Crippen LogP contribution in [0.25, 0.3) is 11.0 Å². The van der Waals surface area contributed by atoms with E-state index >= 15 is 0 Å². The van der Waals surface area contributed by atoms with E-state index in [1.54, 1.807) is 37.3 Å². The lowest BCUT2D eigenvalue weighted by Crippen LogP contribution is -2.01. The molecular formula is C16H12ClFO2. The minimum Gasteiger partial charge on any atom is -0.458 e. The van der Waals surface area contributed by atoms with Gasteiger partial charge in [0.1, 0.15) is 23.3 Å². The first-order chi connectivity index (χ1) is 9.54. The third-order valence-corrected chi connectivity index (χ3v) is 3.53. The van der Waals surface area contributed by atoms with Gasteiger partial charge in [-0.25, -0.2) is 4.39 Å². The average molecular weight is 291 g/mol. The second-order valence-electron chi connectivity index (χ2n) is 4.73. The van der Waals surface area contributed by atoms with Crippen LogP contribution in [-0.2, 0) is 0 Å². The highest BCUT2D eigenvalue weighted by Gasteiger charge is 2.18. The number of hydrogen-bond acceptors (Lipinski definition) is 2. The first-order valence-electron chi connectivity index (χ1n) is 6.18. The predicted molar refractivity (Wildman–Crippen MR) is 76.4 cm³/mol. The fourth-order valence-electron chi connectivity index (χ4n) is 2.27. The Labute approximate surface area is 120 Å². The Hall–Kier alpha value is -1.84. The van der Waals surface area contributed by atoms with Crippen molar-refractivity contribution in [3.63, 3.8) is 0 Å². The normalized spacial score (nSPS) is 12.8. The maximum absolute atomic E-state index is 13.1. The smallest absolute Gasteiger partial charge is 0.138 e. The van der Waals surface area contributed by atoms with E-state index in [2.05, 4.69) is 0 Å². The number of aliphatic hydroxyl groups is 1. The molecule has 1 N–H and O–H groups in total. The van der Waals surface area contributed by atoms with Gasteiger partial charge < -0.3 is 9.52 Å². The van der Waals surface area contributed by atoms with Gasteiger partial charge in [-0.1, -0.05) is 17.7 Å². The molecule has 0 aliphatic carbocycles. The van der Waals surface area contributed by atoms with E-state index < -0.39 is 6.10 Å². The molecule has 1 unspecified atom stereocenters. The Morgan fingerprint density at radius 3 is 2.70 bits per heavy atom. The molecule has 4 heteroatoms. The second kappa shape index (κ2) is 4.93. The summed E-state index contributed by atoms with van der Waals surface area (Å²) in [6, 6.07) is 11.3. The van der Waals surface area contributed by atoms with Gasteiger partial charge in [0.05, 0.1) is 0 Å². The average Bonchev–Trinajstić information content (AvgIpc) is 2.81. The summed E-state index contributed by atoms with van der Waals surface area (Å²) in [5, 5.41) is 11.8. The number of hydrogen-bond donors (Lipinski definition) is 1. The number of aliphatic hydroxyl groups excluding tert-OH is 1. The van der Waals surface area contributed by atoms with Crippen molar-refractivity contribution >= 4 is 22.6 Å². The van der Waals surface area contributed by atoms with Crippen LogP contribution in [0.1, 0.15) is 23.0 Å². The highest BCUT2D eigenvalue weighted by molar-refractivity contribution is 6.31. The van der Waals surface area contributed by atoms with Crippen molar-refractivity contribution in [1.29, 1.82) is 0 Å². The molecule has 102 valence electrons. The molecule has 0 aliphatic heterocycles. The van der Waals surface area contributed by atoms with Crippen LogP contribution < -0.4 is 0 Å². The van der Waals surface area contributed by atoms with Crippen LogP contribution >= 0.6 is 11.6 Å². The van der Waals surface area contributed by atoms with Gasteiger partial charge in [-0.3, -0.25) is 0 Å². The molecule has 1 atom stereocenters. The van der Waals surface area contributed by atoms with E-state index in [1.165, 1.54) is 12.1 Å². The number of rotatable bonds is 2. The Balaban J connectivity index is 2.05. The van der Waals surface area contributed by atoms with Crippen LogP contribution in [0.4, 0.5) is 4.39 Å². The van der Waals surface area contributed by atoms with Gasteiger partial charge in [0.15, 0.2) is 0 Å². The molecule has 0 radical (unpaired) electrons. The zero-order chi connectivity index (χ0) is 14.3. The summed E-state index contributed by atoms with van der Waals surface area (Å²) < 4.78 is 18.7. The van der Waals surface area contributed by atoms with Crippen molar-refractivity contribution in [3.8, 4) is 0 Å². The summed E-state index contributed by atoms with van der Waals surface area (Å²) in [7, 11) is 0. The lowest BCUT2D eigenvalue weighted by molar-refractivity contribution is 0.191. The third-order valence-electron chi connectivity index (χ3n) is 3.29. The van der Waals surface area contributed by atoms with E-state index in [0.717, 1.165) is 5.39 Å². The van der Waals surface area contributed by atoms with E-state index in [9.17, 15) is 9.50 Å². The van der Waals surface area contributed by atoms with Gasteiger partial charge in [0, 0.05) is 10.4 Å². The summed E-state index contributed by atoms with van der Waals surface area (Å²) in [6.45, 7) is 1.75. The molecule has 0 fully saturated rings. The van der Waals surface area contributed by atoms with Crippen LogP contribution in [0.15, 0.2) is 46.9 Å². The van der Waals surface area contributed by atoms with Crippen LogP contribution in [0, 0.1) is 12.7 Å². The lowest BCUT2D eigenvalue weighted by atomic mass is 10.0. The molecule has 3 aromatic rings. The molecule has 0 saturated heterocycles. The maximum atomic E-state index is 13.1. The summed E-state index contributed by atoms with van der Waals surface area (Å²) in [4.78, 5) is 0. The molecular weight excluding hydrogens is 279 g/mol. The molecule has 0 amide bonds. The summed E-state index contributed by atoms with van der Waals surface area (Å²) >= 11 is 5.92. The van der Waals surface area contributed by atoms with Crippen LogP contribution in [-0.4, -0.2) is 5.11 Å². The number of furan rings is 1. The minimum absolute atomic E-state index is 0.324. The highest BCUT2D eigenvalue weighted by atomic mass is 35.5. The van der Waals surface area contributed by atoms with Gasteiger partial charge in [0.2, 0.25) is 0 Å². The zero-order valence-electron chi connectivity index (χ0n) is 10.7. The SMILES string of the molecule is Cc1cc(F)ccc1C(O)c1cc2cc(Cl)ccc2o1. The third kappa shape index (κ3) is 2.30. The monoisotopic (exact) mass is 290 g/mol. The molecule has 0 aliphatic rings. The molecule has 2 aromatic carbocycles. The molecule has 2 nitrogen and oxygen atoms in total. The first-order valence-corrected chi connectivity index (χ1v) is 6.55. The molecule has 1 aromatic heterocycles. The number of aryl methyl sites for hydroxylation is 1. The van der Waals surface area contributed by atoms with Crippen molar-refractivity contribution in [3.05, 3.63) is 70.2 Å². The van der Waals surface area contributed by atoms with Crippen LogP contribution in [0.2, 0.25) is 5.02 Å².